The van der Waals surface area contributed by atoms with Crippen molar-refractivity contribution in [3.05, 3.63) is 74.8 Å². The van der Waals surface area contributed by atoms with Crippen LogP contribution in [0.1, 0.15) is 67.7 Å². The smallest absolute Gasteiger partial charge is 0.337 e. The number of benzene rings is 1. The molecule has 1 aromatic carbocycles. The van der Waals surface area contributed by atoms with Crippen LogP contribution in [0.4, 0.5) is 0 Å². The van der Waals surface area contributed by atoms with E-state index in [-0.39, 0.29) is 29.5 Å². The summed E-state index contributed by atoms with van der Waals surface area (Å²) in [5, 5.41) is 15.6. The number of esters is 1. The molecule has 1 aliphatic heterocycles. The first-order valence-corrected chi connectivity index (χ1v) is 12.2. The van der Waals surface area contributed by atoms with Gasteiger partial charge in [0.15, 0.2) is 5.78 Å². The quantitative estimate of drug-likeness (QED) is 0.620. The Morgan fingerprint density at radius 3 is 2.69 bits per heavy atom. The van der Waals surface area contributed by atoms with Gasteiger partial charge in [0.1, 0.15) is 11.9 Å². The van der Waals surface area contributed by atoms with Crippen molar-refractivity contribution in [2.24, 2.45) is 0 Å². The lowest BCUT2D eigenvalue weighted by Crippen LogP contribution is -2.36. The molecule has 1 aromatic heterocycles. The highest BCUT2D eigenvalue weighted by molar-refractivity contribution is 7.10. The van der Waals surface area contributed by atoms with Crippen LogP contribution in [0.2, 0.25) is 0 Å². The molecule has 0 spiro atoms. The van der Waals surface area contributed by atoms with Crippen LogP contribution < -0.4 is 5.32 Å². The number of allylic oxidation sites excluding steroid dienone is 3. The third-order valence-electron chi connectivity index (χ3n) is 6.77. The van der Waals surface area contributed by atoms with Crippen LogP contribution in [-0.2, 0) is 14.3 Å². The van der Waals surface area contributed by atoms with Crippen LogP contribution >= 0.6 is 11.3 Å². The van der Waals surface area contributed by atoms with Gasteiger partial charge in [-0.3, -0.25) is 4.79 Å². The second-order valence-corrected chi connectivity index (χ2v) is 9.92. The number of thiophene rings is 1. The third-order valence-corrected chi connectivity index (χ3v) is 7.81. The van der Waals surface area contributed by atoms with E-state index in [1.165, 1.54) is 4.88 Å². The number of carbonyl (C=O) groups is 2. The van der Waals surface area contributed by atoms with Crippen LogP contribution in [0, 0.1) is 0 Å². The van der Waals surface area contributed by atoms with Crippen LogP contribution in [0.3, 0.4) is 0 Å². The van der Waals surface area contributed by atoms with Crippen molar-refractivity contribution >= 4 is 23.1 Å². The Morgan fingerprint density at radius 1 is 1.16 bits per heavy atom. The number of hydrogen-bond acceptors (Lipinski definition) is 6. The molecule has 6 heteroatoms. The average molecular weight is 450 g/mol. The highest BCUT2D eigenvalue weighted by Crippen LogP contribution is 2.46. The summed E-state index contributed by atoms with van der Waals surface area (Å²) in [6, 6.07) is 11.0. The maximum Gasteiger partial charge on any atom is 0.337 e. The van der Waals surface area contributed by atoms with Gasteiger partial charge in [0, 0.05) is 40.1 Å². The summed E-state index contributed by atoms with van der Waals surface area (Å²) in [4.78, 5) is 28.0. The van der Waals surface area contributed by atoms with E-state index in [0.29, 0.717) is 17.6 Å². The minimum absolute atomic E-state index is 0.0455. The van der Waals surface area contributed by atoms with Crippen molar-refractivity contribution < 1.29 is 19.4 Å². The second-order valence-electron chi connectivity index (χ2n) is 8.94. The lowest BCUT2D eigenvalue weighted by atomic mass is 9.72. The fourth-order valence-corrected chi connectivity index (χ4v) is 6.12. The molecule has 1 saturated carbocycles. The zero-order valence-electron chi connectivity index (χ0n) is 18.1. The number of hydrogen-bond donors (Lipinski definition) is 2. The number of Topliss-reactive ketones (excluding diaryl/α,β-unsaturated/α-hetero) is 1. The molecule has 32 heavy (non-hydrogen) atoms. The standard InChI is InChI=1S/C26H27NO4S/c1-15-23(26(30)31-19-8-2-3-9-19)24(16-6-4-7-18(28)12-16)25-20(27-15)13-17(14-21(25)29)22-10-5-11-32-22/h4-7,10-12,17,19,24,27-28H,2-3,8-9,13-14H2,1H3/t17-,24-/m0/s1. The fourth-order valence-electron chi connectivity index (χ4n) is 5.29. The Balaban J connectivity index is 1.55. The number of ketones is 1. The first-order chi connectivity index (χ1) is 15.5. The van der Waals surface area contributed by atoms with Crippen molar-refractivity contribution in [1.29, 1.82) is 0 Å². The molecule has 0 amide bonds. The van der Waals surface area contributed by atoms with Gasteiger partial charge in [0.2, 0.25) is 0 Å². The normalized spacial score (nSPS) is 23.8. The summed E-state index contributed by atoms with van der Waals surface area (Å²) in [6.07, 6.45) is 4.99. The zero-order valence-corrected chi connectivity index (χ0v) is 18.9. The summed E-state index contributed by atoms with van der Waals surface area (Å²) in [6.45, 7) is 1.88. The van der Waals surface area contributed by atoms with E-state index in [1.807, 2.05) is 24.4 Å². The Morgan fingerprint density at radius 2 is 1.97 bits per heavy atom. The molecule has 0 unspecified atom stereocenters. The molecule has 2 heterocycles. The number of rotatable bonds is 4. The van der Waals surface area contributed by atoms with E-state index >= 15 is 0 Å². The minimum atomic E-state index is -0.538. The Bertz CT molecular complexity index is 1110. The van der Waals surface area contributed by atoms with Crippen molar-refractivity contribution in [2.75, 3.05) is 0 Å². The van der Waals surface area contributed by atoms with Gasteiger partial charge in [-0.2, -0.15) is 0 Å². The maximum absolute atomic E-state index is 13.5. The molecule has 1 fully saturated rings. The van der Waals surface area contributed by atoms with Gasteiger partial charge in [-0.25, -0.2) is 4.79 Å². The minimum Gasteiger partial charge on any atom is -0.508 e. The Kier molecular flexibility index (Phi) is 5.64. The molecule has 2 aromatic rings. The Labute approximate surface area is 191 Å². The predicted molar refractivity (Wildman–Crippen MR) is 123 cm³/mol. The lowest BCUT2D eigenvalue weighted by Gasteiger charge is -2.36. The number of aromatic hydroxyl groups is 1. The summed E-state index contributed by atoms with van der Waals surface area (Å²) in [7, 11) is 0. The highest BCUT2D eigenvalue weighted by Gasteiger charge is 2.42. The van der Waals surface area contributed by atoms with Gasteiger partial charge in [-0.1, -0.05) is 18.2 Å². The maximum atomic E-state index is 13.5. The summed E-state index contributed by atoms with van der Waals surface area (Å²) >= 11 is 1.67. The molecule has 2 aliphatic carbocycles. The van der Waals surface area contributed by atoms with Gasteiger partial charge >= 0.3 is 5.97 Å². The van der Waals surface area contributed by atoms with Crippen molar-refractivity contribution in [3.8, 4) is 5.75 Å². The van der Waals surface area contributed by atoms with E-state index in [1.54, 1.807) is 29.5 Å². The first-order valence-electron chi connectivity index (χ1n) is 11.3. The Hall–Kier alpha value is -2.86. The molecule has 2 N–H and O–H groups in total. The third kappa shape index (κ3) is 3.88. The number of ether oxygens (including phenoxy) is 1. The zero-order chi connectivity index (χ0) is 22.2. The number of nitrogens with one attached hydrogen (secondary N) is 1. The monoisotopic (exact) mass is 449 g/mol. The van der Waals surface area contributed by atoms with E-state index in [9.17, 15) is 14.7 Å². The van der Waals surface area contributed by atoms with E-state index in [4.69, 9.17) is 4.74 Å². The molecule has 0 saturated heterocycles. The average Bonchev–Trinajstić information content (AvgIpc) is 3.47. The summed E-state index contributed by atoms with van der Waals surface area (Å²) in [5.41, 5.74) is 3.44. The summed E-state index contributed by atoms with van der Waals surface area (Å²) < 4.78 is 5.87. The second kappa shape index (κ2) is 8.58. The van der Waals surface area contributed by atoms with Crippen LogP contribution in [0.25, 0.3) is 0 Å². The van der Waals surface area contributed by atoms with Crippen molar-refractivity contribution in [3.63, 3.8) is 0 Å². The lowest BCUT2D eigenvalue weighted by molar-refractivity contribution is -0.144. The number of dihydropyridines is 1. The van der Waals surface area contributed by atoms with Gasteiger partial charge in [0.05, 0.1) is 5.57 Å². The van der Waals surface area contributed by atoms with Gasteiger partial charge < -0.3 is 15.2 Å². The predicted octanol–water partition coefficient (Wildman–Crippen LogP) is 5.30. The summed E-state index contributed by atoms with van der Waals surface area (Å²) in [5.74, 6) is -0.606. The fraction of sp³-hybridized carbons (Fsp3) is 0.385. The molecule has 5 rings (SSSR count). The molecular formula is C26H27NO4S. The van der Waals surface area contributed by atoms with Gasteiger partial charge in [0.25, 0.3) is 0 Å². The van der Waals surface area contributed by atoms with Gasteiger partial charge in [-0.15, -0.1) is 11.3 Å². The van der Waals surface area contributed by atoms with Crippen molar-refractivity contribution in [1.82, 2.24) is 5.32 Å². The largest absolute Gasteiger partial charge is 0.508 e. The molecule has 3 aliphatic rings. The van der Waals surface area contributed by atoms with Crippen LogP contribution in [0.15, 0.2) is 64.3 Å². The van der Waals surface area contributed by atoms with E-state index in [2.05, 4.69) is 11.4 Å². The number of carbonyl (C=O) groups excluding carboxylic acids is 2. The number of phenolic OH excluding ortho intramolecular Hbond substituents is 1. The first kappa shape index (κ1) is 21.0. The van der Waals surface area contributed by atoms with E-state index < -0.39 is 5.92 Å². The molecule has 5 nitrogen and oxygen atoms in total. The molecule has 0 radical (unpaired) electrons. The van der Waals surface area contributed by atoms with Gasteiger partial charge in [-0.05, 0) is 68.2 Å². The highest BCUT2D eigenvalue weighted by atomic mass is 32.1. The SMILES string of the molecule is CC1=C(C(=O)OC2CCCC2)[C@H](c2cccc(O)c2)C2=C(C[C@H](c3cccs3)CC2=O)N1. The van der Waals surface area contributed by atoms with E-state index in [0.717, 1.165) is 49.1 Å². The van der Waals surface area contributed by atoms with Crippen LogP contribution in [0.5, 0.6) is 5.75 Å². The van der Waals surface area contributed by atoms with Crippen molar-refractivity contribution in [2.45, 2.75) is 63.4 Å². The molecule has 0 bridgehead atoms. The number of phenols is 1. The molecule has 2 atom stereocenters. The topological polar surface area (TPSA) is 75.6 Å². The molecular weight excluding hydrogens is 422 g/mol. The van der Waals surface area contributed by atoms with Crippen LogP contribution in [-0.4, -0.2) is 23.0 Å². The molecule has 166 valence electrons.